The molecule has 2 fully saturated rings. The Labute approximate surface area is 460 Å². The van der Waals surface area contributed by atoms with Gasteiger partial charge in [-0.15, -0.1) is 0 Å². The molecule has 0 heterocycles. The lowest BCUT2D eigenvalue weighted by Gasteiger charge is -2.38. The Balaban J connectivity index is 0.000000274. The van der Waals surface area contributed by atoms with Gasteiger partial charge in [-0.2, -0.15) is 26.3 Å². The molecule has 14 heteroatoms. The average Bonchev–Trinajstić information content (AvgIpc) is 3.92. The molecule has 0 aromatic heterocycles. The van der Waals surface area contributed by atoms with Gasteiger partial charge in [0.25, 0.3) is 0 Å². The van der Waals surface area contributed by atoms with Crippen molar-refractivity contribution in [2.45, 2.75) is 208 Å². The maximum absolute atomic E-state index is 13.1. The molecule has 0 spiro atoms. The Kier molecular flexibility index (Phi) is 24.8. The van der Waals surface area contributed by atoms with E-state index in [4.69, 9.17) is 18.9 Å². The van der Waals surface area contributed by atoms with Crippen LogP contribution < -0.4 is 0 Å². The lowest BCUT2D eigenvalue weighted by atomic mass is 9.79. The van der Waals surface area contributed by atoms with Crippen LogP contribution in [0.2, 0.25) is 0 Å². The normalized spacial score (nSPS) is 18.0. The van der Waals surface area contributed by atoms with Crippen LogP contribution in [0.5, 0.6) is 0 Å². The monoisotopic (exact) mass is 1100 g/mol. The molecule has 4 aromatic carbocycles. The fraction of sp³-hybridized carbons (Fsp3) is 0.562. The Morgan fingerprint density at radius 3 is 1.06 bits per heavy atom. The maximum Gasteiger partial charge on any atom is 0.404 e. The Morgan fingerprint density at radius 1 is 0.449 bits per heavy atom. The molecule has 2 aliphatic rings. The first kappa shape index (κ1) is 66.6. The zero-order chi connectivity index (χ0) is 58.6. The Morgan fingerprint density at radius 2 is 0.756 bits per heavy atom. The van der Waals surface area contributed by atoms with Gasteiger partial charge < -0.3 is 18.9 Å². The fourth-order valence-electron chi connectivity index (χ4n) is 8.98. The van der Waals surface area contributed by atoms with E-state index in [9.17, 15) is 45.5 Å². The van der Waals surface area contributed by atoms with Gasteiger partial charge in [0.15, 0.2) is 10.8 Å². The first-order valence-electron chi connectivity index (χ1n) is 27.8. The van der Waals surface area contributed by atoms with Crippen LogP contribution in [0.3, 0.4) is 0 Å². The molecular weight excluding hydrogens is 1010 g/mol. The number of alkyl halides is 6. The number of hydrogen-bond donors (Lipinski definition) is 0. The van der Waals surface area contributed by atoms with E-state index < -0.39 is 46.3 Å². The molecule has 2 saturated carbocycles. The molecular formula is C64H86F6O8. The molecule has 8 nitrogen and oxygen atoms in total. The molecule has 4 aromatic rings. The summed E-state index contributed by atoms with van der Waals surface area (Å²) in [5, 5.41) is 0. The van der Waals surface area contributed by atoms with E-state index in [0.29, 0.717) is 17.5 Å². The van der Waals surface area contributed by atoms with E-state index in [1.165, 1.54) is 20.3 Å². The summed E-state index contributed by atoms with van der Waals surface area (Å²) >= 11 is 0. The quantitative estimate of drug-likeness (QED) is 0.0585. The highest BCUT2D eigenvalue weighted by atomic mass is 19.4. The number of carbonyl (C=O) groups is 4. The minimum atomic E-state index is -4.63. The second-order valence-electron chi connectivity index (χ2n) is 21.9. The molecule has 5 unspecified atom stereocenters. The second kappa shape index (κ2) is 29.0. The number of benzene rings is 4. The summed E-state index contributed by atoms with van der Waals surface area (Å²) in [7, 11) is 0. The lowest BCUT2D eigenvalue weighted by molar-refractivity contribution is -0.239. The molecule has 0 bridgehead atoms. The van der Waals surface area contributed by atoms with Crippen LogP contribution in [0, 0.1) is 22.7 Å². The third-order valence-electron chi connectivity index (χ3n) is 16.1. The van der Waals surface area contributed by atoms with Crippen LogP contribution in [-0.4, -0.2) is 36.2 Å². The van der Waals surface area contributed by atoms with Crippen LogP contribution in [0.15, 0.2) is 121 Å². The average molecular weight is 1100 g/mol. The molecule has 78 heavy (non-hydrogen) atoms. The van der Waals surface area contributed by atoms with Crippen molar-refractivity contribution in [2.24, 2.45) is 22.7 Å². The van der Waals surface area contributed by atoms with E-state index in [1.54, 1.807) is 88.4 Å². The molecule has 5 atom stereocenters. The summed E-state index contributed by atoms with van der Waals surface area (Å²) < 4.78 is 101. The molecule has 0 radical (unpaired) electrons. The van der Waals surface area contributed by atoms with Gasteiger partial charge in [-0.05, 0) is 140 Å². The van der Waals surface area contributed by atoms with Gasteiger partial charge in [-0.25, -0.2) is 0 Å². The van der Waals surface area contributed by atoms with Crippen molar-refractivity contribution in [1.82, 2.24) is 0 Å². The van der Waals surface area contributed by atoms with Crippen LogP contribution in [0.1, 0.15) is 195 Å². The summed E-state index contributed by atoms with van der Waals surface area (Å²) in [5.41, 5.74) is -4.25. The van der Waals surface area contributed by atoms with Crippen LogP contribution >= 0.6 is 0 Å². The molecule has 2 aliphatic carbocycles. The lowest BCUT2D eigenvalue weighted by Crippen LogP contribution is -2.46. The number of carbonyl (C=O) groups excluding carboxylic acids is 4. The molecule has 6 rings (SSSR count). The number of rotatable bonds is 17. The van der Waals surface area contributed by atoms with Gasteiger partial charge in [0.2, 0.25) is 0 Å². The number of esters is 4. The van der Waals surface area contributed by atoms with Crippen molar-refractivity contribution in [3.8, 4) is 0 Å². The molecule has 432 valence electrons. The third kappa shape index (κ3) is 17.2. The maximum atomic E-state index is 13.1. The SMILES string of the molecule is CCC(C)(C(=O)OC(C)(C)c1ccccc1)C(F)(F)F.CCC(C)(OC(=O)C(C)(CC)C(F)(F)F)c1ccccc1.CCC(C)C(=O)OC1(c2ccccc2)CCCC1.CCC(C)C(=O)OC1(c2ccccc2)CCCCC1. The largest absolute Gasteiger partial charge is 0.454 e. The summed E-state index contributed by atoms with van der Waals surface area (Å²) in [5.74, 6) is -2.60. The van der Waals surface area contributed by atoms with E-state index in [0.717, 1.165) is 89.2 Å². The van der Waals surface area contributed by atoms with Gasteiger partial charge in [0.1, 0.15) is 22.4 Å². The van der Waals surface area contributed by atoms with Gasteiger partial charge in [-0.1, -0.05) is 176 Å². The van der Waals surface area contributed by atoms with Gasteiger partial charge in [0, 0.05) is 0 Å². The summed E-state index contributed by atoms with van der Waals surface area (Å²) in [6.45, 7) is 18.9. The third-order valence-corrected chi connectivity index (χ3v) is 16.1. The summed E-state index contributed by atoms with van der Waals surface area (Å²) in [4.78, 5) is 48.4. The number of halogens is 6. The predicted octanol–water partition coefficient (Wildman–Crippen LogP) is 17.8. The Hall–Kier alpha value is -5.66. The minimum Gasteiger partial charge on any atom is -0.454 e. The molecule has 0 N–H and O–H groups in total. The first-order chi connectivity index (χ1) is 36.5. The van der Waals surface area contributed by atoms with E-state index in [1.807, 2.05) is 64.1 Å². The predicted molar refractivity (Wildman–Crippen MR) is 294 cm³/mol. The standard InChI is InChI=1S/C17H24O2.C16H21F3O2.C16H22O2.C15H19F3O2/c1-3-14(2)16(18)19-17(12-8-5-9-13-17)15-10-6-4-7-11-15;1-5-14(3,16(17,18)19)13(20)21-15(4,6-2)12-10-8-7-9-11-12;1-3-13(2)15(17)18-16(11-7-8-12-16)14-9-5-4-6-10-14;1-5-14(4,15(16,17)18)12(19)20-13(2,3)11-9-7-6-8-10-11/h4,6-7,10-11,14H,3,5,8-9,12-13H2,1-2H3;7-11H,5-6H2,1-4H3;4-6,9-10,13H,3,7-8,11-12H2,1-2H3;6-10H,5H2,1-4H3. The first-order valence-corrected chi connectivity index (χ1v) is 27.8. The molecule has 0 aliphatic heterocycles. The smallest absolute Gasteiger partial charge is 0.404 e. The second-order valence-corrected chi connectivity index (χ2v) is 21.9. The van der Waals surface area contributed by atoms with Crippen LogP contribution in [0.25, 0.3) is 0 Å². The van der Waals surface area contributed by atoms with Crippen molar-refractivity contribution < 1.29 is 64.5 Å². The number of hydrogen-bond acceptors (Lipinski definition) is 8. The summed E-state index contributed by atoms with van der Waals surface area (Å²) in [6, 6.07) is 38.0. The molecule has 0 amide bonds. The van der Waals surface area contributed by atoms with E-state index in [-0.39, 0.29) is 47.8 Å². The fourth-order valence-corrected chi connectivity index (χ4v) is 8.98. The highest BCUT2D eigenvalue weighted by Crippen LogP contribution is 2.46. The van der Waals surface area contributed by atoms with Gasteiger partial charge in [-0.3, -0.25) is 19.2 Å². The minimum absolute atomic E-state index is 0.00816. The van der Waals surface area contributed by atoms with Crippen LogP contribution in [0.4, 0.5) is 26.3 Å². The van der Waals surface area contributed by atoms with Crippen LogP contribution in [-0.2, 0) is 60.5 Å². The van der Waals surface area contributed by atoms with Gasteiger partial charge >= 0.3 is 36.2 Å². The van der Waals surface area contributed by atoms with Gasteiger partial charge in [0.05, 0.1) is 11.8 Å². The van der Waals surface area contributed by atoms with E-state index >= 15 is 0 Å². The Bertz CT molecular complexity index is 2430. The zero-order valence-electron chi connectivity index (χ0n) is 48.1. The zero-order valence-corrected chi connectivity index (χ0v) is 48.1. The number of ether oxygens (including phenoxy) is 4. The van der Waals surface area contributed by atoms with Crippen molar-refractivity contribution in [2.75, 3.05) is 0 Å². The van der Waals surface area contributed by atoms with Crippen molar-refractivity contribution in [1.29, 1.82) is 0 Å². The van der Waals surface area contributed by atoms with Crippen molar-refractivity contribution >= 4 is 23.9 Å². The molecule has 0 saturated heterocycles. The summed E-state index contributed by atoms with van der Waals surface area (Å²) in [6.07, 6.45) is 1.72. The highest BCUT2D eigenvalue weighted by molar-refractivity contribution is 5.78. The topological polar surface area (TPSA) is 105 Å². The van der Waals surface area contributed by atoms with Crippen molar-refractivity contribution in [3.05, 3.63) is 144 Å². The highest BCUT2D eigenvalue weighted by Gasteiger charge is 2.59. The van der Waals surface area contributed by atoms with E-state index in [2.05, 4.69) is 24.3 Å². The van der Waals surface area contributed by atoms with Crippen molar-refractivity contribution in [3.63, 3.8) is 0 Å².